The number of nitrogens with one attached hydrogen (secondary N) is 1. The van der Waals surface area contributed by atoms with E-state index >= 15 is 0 Å². The van der Waals surface area contributed by atoms with Gasteiger partial charge in [0.15, 0.2) is 0 Å². The van der Waals surface area contributed by atoms with Gasteiger partial charge in [0.1, 0.15) is 0 Å². The van der Waals surface area contributed by atoms with Crippen LogP contribution in [0.2, 0.25) is 5.02 Å². The summed E-state index contributed by atoms with van der Waals surface area (Å²) < 4.78 is 5.14. The minimum atomic E-state index is 0.314. The molecule has 84 valence electrons. The standard InChI is InChI=1S/C11H17ClN2O/c1-3-13-11(8-15-2)6-10-5-4-9(12)7-14-10/h4-5,7,11,13H,3,6,8H2,1-2H3. The Morgan fingerprint density at radius 2 is 2.33 bits per heavy atom. The Morgan fingerprint density at radius 3 is 2.87 bits per heavy atom. The van der Waals surface area contributed by atoms with Crippen molar-refractivity contribution in [2.75, 3.05) is 20.3 Å². The van der Waals surface area contributed by atoms with Crippen molar-refractivity contribution in [1.82, 2.24) is 10.3 Å². The van der Waals surface area contributed by atoms with Gasteiger partial charge >= 0.3 is 0 Å². The van der Waals surface area contributed by atoms with Crippen LogP contribution in [0.15, 0.2) is 18.3 Å². The lowest BCUT2D eigenvalue weighted by molar-refractivity contribution is 0.166. The average Bonchev–Trinajstić information content (AvgIpc) is 2.22. The largest absolute Gasteiger partial charge is 0.383 e. The first kappa shape index (κ1) is 12.4. The number of pyridine rings is 1. The van der Waals surface area contributed by atoms with E-state index in [0.29, 0.717) is 17.7 Å². The average molecular weight is 229 g/mol. The minimum absolute atomic E-state index is 0.314. The van der Waals surface area contributed by atoms with Crippen molar-refractivity contribution in [3.05, 3.63) is 29.0 Å². The van der Waals surface area contributed by atoms with Crippen molar-refractivity contribution < 1.29 is 4.74 Å². The number of likely N-dealkylation sites (N-methyl/N-ethyl adjacent to an activating group) is 1. The molecular weight excluding hydrogens is 212 g/mol. The van der Waals surface area contributed by atoms with Gasteiger partial charge in [0.2, 0.25) is 0 Å². The molecule has 1 heterocycles. The molecule has 0 radical (unpaired) electrons. The fraction of sp³-hybridized carbons (Fsp3) is 0.545. The molecule has 15 heavy (non-hydrogen) atoms. The number of ether oxygens (including phenoxy) is 1. The van der Waals surface area contributed by atoms with E-state index < -0.39 is 0 Å². The monoisotopic (exact) mass is 228 g/mol. The Hall–Kier alpha value is -0.640. The predicted molar refractivity (Wildman–Crippen MR) is 62.3 cm³/mol. The van der Waals surface area contributed by atoms with E-state index in [-0.39, 0.29) is 0 Å². The summed E-state index contributed by atoms with van der Waals surface area (Å²) >= 11 is 5.77. The molecule has 0 saturated carbocycles. The van der Waals surface area contributed by atoms with E-state index in [2.05, 4.69) is 17.2 Å². The SMILES string of the molecule is CCNC(COC)Cc1ccc(Cl)cn1. The lowest BCUT2D eigenvalue weighted by Crippen LogP contribution is -2.35. The third-order valence-electron chi connectivity index (χ3n) is 2.10. The summed E-state index contributed by atoms with van der Waals surface area (Å²) in [6.07, 6.45) is 2.53. The summed E-state index contributed by atoms with van der Waals surface area (Å²) in [5.74, 6) is 0. The smallest absolute Gasteiger partial charge is 0.0619 e. The van der Waals surface area contributed by atoms with Gasteiger partial charge in [-0.3, -0.25) is 4.98 Å². The van der Waals surface area contributed by atoms with Crippen LogP contribution in [0, 0.1) is 0 Å². The van der Waals surface area contributed by atoms with Gasteiger partial charge in [-0.05, 0) is 18.7 Å². The molecular formula is C11H17ClN2O. The molecule has 1 aromatic heterocycles. The second-order valence-electron chi connectivity index (χ2n) is 3.38. The maximum absolute atomic E-state index is 5.77. The van der Waals surface area contributed by atoms with Crippen molar-refractivity contribution in [2.24, 2.45) is 0 Å². The van der Waals surface area contributed by atoms with Gasteiger partial charge in [-0.15, -0.1) is 0 Å². The highest BCUT2D eigenvalue weighted by molar-refractivity contribution is 6.30. The molecule has 0 aromatic carbocycles. The van der Waals surface area contributed by atoms with Crippen molar-refractivity contribution in [2.45, 2.75) is 19.4 Å². The molecule has 1 atom stereocenters. The molecule has 0 fully saturated rings. The van der Waals surface area contributed by atoms with E-state index in [9.17, 15) is 0 Å². The highest BCUT2D eigenvalue weighted by Gasteiger charge is 2.08. The Bertz CT molecular complexity index is 270. The van der Waals surface area contributed by atoms with Crippen LogP contribution in [0.3, 0.4) is 0 Å². The van der Waals surface area contributed by atoms with Crippen LogP contribution in [0.5, 0.6) is 0 Å². The van der Waals surface area contributed by atoms with E-state index in [1.54, 1.807) is 13.3 Å². The van der Waals surface area contributed by atoms with Crippen LogP contribution in [0.1, 0.15) is 12.6 Å². The fourth-order valence-electron chi connectivity index (χ4n) is 1.46. The highest BCUT2D eigenvalue weighted by atomic mass is 35.5. The van der Waals surface area contributed by atoms with Crippen molar-refractivity contribution in [1.29, 1.82) is 0 Å². The van der Waals surface area contributed by atoms with Gasteiger partial charge in [-0.25, -0.2) is 0 Å². The Balaban J connectivity index is 2.53. The number of aromatic nitrogens is 1. The second-order valence-corrected chi connectivity index (χ2v) is 3.82. The Labute approximate surface area is 95.8 Å². The van der Waals surface area contributed by atoms with E-state index in [1.807, 2.05) is 12.1 Å². The first-order valence-corrected chi connectivity index (χ1v) is 5.46. The van der Waals surface area contributed by atoms with Crippen LogP contribution in [-0.2, 0) is 11.2 Å². The van der Waals surface area contributed by atoms with Crippen LogP contribution in [0.4, 0.5) is 0 Å². The number of rotatable bonds is 6. The lowest BCUT2D eigenvalue weighted by atomic mass is 10.1. The Morgan fingerprint density at radius 1 is 1.53 bits per heavy atom. The van der Waals surface area contributed by atoms with Crippen LogP contribution in [0.25, 0.3) is 0 Å². The maximum atomic E-state index is 5.77. The molecule has 0 amide bonds. The van der Waals surface area contributed by atoms with Crippen molar-refractivity contribution in [3.8, 4) is 0 Å². The normalized spacial score (nSPS) is 12.7. The number of halogens is 1. The molecule has 0 bridgehead atoms. The van der Waals surface area contributed by atoms with Crippen LogP contribution in [-0.4, -0.2) is 31.3 Å². The molecule has 4 heteroatoms. The molecule has 1 unspecified atom stereocenters. The molecule has 0 aliphatic carbocycles. The van der Waals surface area contributed by atoms with E-state index in [4.69, 9.17) is 16.3 Å². The van der Waals surface area contributed by atoms with Crippen molar-refractivity contribution in [3.63, 3.8) is 0 Å². The zero-order chi connectivity index (χ0) is 11.1. The van der Waals surface area contributed by atoms with Gasteiger partial charge in [0, 0.05) is 31.5 Å². The maximum Gasteiger partial charge on any atom is 0.0619 e. The van der Waals surface area contributed by atoms with Gasteiger partial charge in [-0.1, -0.05) is 18.5 Å². The third kappa shape index (κ3) is 4.60. The van der Waals surface area contributed by atoms with Gasteiger partial charge < -0.3 is 10.1 Å². The number of hydrogen-bond acceptors (Lipinski definition) is 3. The minimum Gasteiger partial charge on any atom is -0.383 e. The molecule has 1 aromatic rings. The van der Waals surface area contributed by atoms with Gasteiger partial charge in [0.05, 0.1) is 11.6 Å². The highest BCUT2D eigenvalue weighted by Crippen LogP contribution is 2.07. The molecule has 0 spiro atoms. The second kappa shape index (κ2) is 6.77. The Kier molecular flexibility index (Phi) is 5.61. The molecule has 0 aliphatic rings. The van der Waals surface area contributed by atoms with Crippen molar-refractivity contribution >= 4 is 11.6 Å². The zero-order valence-corrected chi connectivity index (χ0v) is 9.92. The third-order valence-corrected chi connectivity index (χ3v) is 2.33. The van der Waals surface area contributed by atoms with E-state index in [1.165, 1.54) is 0 Å². The first-order valence-electron chi connectivity index (χ1n) is 5.09. The predicted octanol–water partition coefficient (Wildman–Crippen LogP) is 1.90. The quantitative estimate of drug-likeness (QED) is 0.808. The van der Waals surface area contributed by atoms with Crippen LogP contribution >= 0.6 is 11.6 Å². The topological polar surface area (TPSA) is 34.1 Å². The summed E-state index contributed by atoms with van der Waals surface area (Å²) in [4.78, 5) is 4.26. The summed E-state index contributed by atoms with van der Waals surface area (Å²) in [7, 11) is 1.71. The first-order chi connectivity index (χ1) is 7.26. The number of nitrogens with zero attached hydrogens (tertiary/aromatic N) is 1. The molecule has 1 rings (SSSR count). The van der Waals surface area contributed by atoms with E-state index in [0.717, 1.165) is 18.7 Å². The molecule has 1 N–H and O–H groups in total. The summed E-state index contributed by atoms with van der Waals surface area (Å²) in [5.41, 5.74) is 1.03. The molecule has 0 saturated heterocycles. The number of hydrogen-bond donors (Lipinski definition) is 1. The molecule has 0 aliphatic heterocycles. The summed E-state index contributed by atoms with van der Waals surface area (Å²) in [6, 6.07) is 4.12. The molecule has 3 nitrogen and oxygen atoms in total. The van der Waals surface area contributed by atoms with Gasteiger partial charge in [-0.2, -0.15) is 0 Å². The summed E-state index contributed by atoms with van der Waals surface area (Å²) in [6.45, 7) is 3.71. The lowest BCUT2D eigenvalue weighted by Gasteiger charge is -2.16. The zero-order valence-electron chi connectivity index (χ0n) is 9.16. The van der Waals surface area contributed by atoms with Gasteiger partial charge in [0.25, 0.3) is 0 Å². The summed E-state index contributed by atoms with van der Waals surface area (Å²) in [5, 5.41) is 4.02. The fourth-order valence-corrected chi connectivity index (χ4v) is 1.57. The number of methoxy groups -OCH3 is 1. The van der Waals surface area contributed by atoms with Crippen LogP contribution < -0.4 is 5.32 Å².